The number of hydrogen-bond donors (Lipinski definition) is 2. The molecule has 3 nitrogen and oxygen atoms in total. The van der Waals surface area contributed by atoms with Gasteiger partial charge in [0, 0.05) is 6.54 Å². The first-order chi connectivity index (χ1) is 8.97. The van der Waals surface area contributed by atoms with Crippen molar-refractivity contribution in [3.8, 4) is 0 Å². The minimum atomic E-state index is -4.48. The second kappa shape index (κ2) is 5.17. The quantitative estimate of drug-likeness (QED) is 0.897. The van der Waals surface area contributed by atoms with Gasteiger partial charge in [0.25, 0.3) is 0 Å². The monoisotopic (exact) mass is 267 g/mol. The van der Waals surface area contributed by atoms with Gasteiger partial charge in [-0.2, -0.15) is 13.2 Å². The van der Waals surface area contributed by atoms with E-state index in [2.05, 4.69) is 10.3 Å². The Hall–Kier alpha value is -2.24. The fourth-order valence-electron chi connectivity index (χ4n) is 1.55. The third-order valence-corrected chi connectivity index (χ3v) is 2.52. The van der Waals surface area contributed by atoms with Gasteiger partial charge < -0.3 is 11.1 Å². The molecule has 19 heavy (non-hydrogen) atoms. The number of nitrogens with two attached hydrogens (primary N) is 1. The van der Waals surface area contributed by atoms with Crippen LogP contribution in [-0.4, -0.2) is 4.98 Å². The van der Waals surface area contributed by atoms with Crippen molar-refractivity contribution in [2.45, 2.75) is 12.7 Å². The molecule has 6 heteroatoms. The van der Waals surface area contributed by atoms with Crippen LogP contribution in [0.2, 0.25) is 0 Å². The topological polar surface area (TPSA) is 50.9 Å². The van der Waals surface area contributed by atoms with Crippen LogP contribution in [0.1, 0.15) is 11.3 Å². The highest BCUT2D eigenvalue weighted by atomic mass is 19.4. The maximum Gasteiger partial charge on any atom is 0.433 e. The Balaban J connectivity index is 2.16. The summed E-state index contributed by atoms with van der Waals surface area (Å²) in [5, 5.41) is 2.81. The van der Waals surface area contributed by atoms with E-state index >= 15 is 0 Å². The van der Waals surface area contributed by atoms with Crippen LogP contribution in [0.5, 0.6) is 0 Å². The molecule has 0 saturated carbocycles. The molecule has 0 fully saturated rings. The van der Waals surface area contributed by atoms with Crippen molar-refractivity contribution in [1.29, 1.82) is 0 Å². The number of halogens is 3. The first kappa shape index (κ1) is 13.2. The largest absolute Gasteiger partial charge is 0.433 e. The highest BCUT2D eigenvalue weighted by molar-refractivity contribution is 5.61. The lowest BCUT2D eigenvalue weighted by atomic mass is 10.2. The highest BCUT2D eigenvalue weighted by Crippen LogP contribution is 2.30. The van der Waals surface area contributed by atoms with Crippen molar-refractivity contribution < 1.29 is 13.2 Å². The molecule has 0 unspecified atom stereocenters. The van der Waals surface area contributed by atoms with Crippen LogP contribution in [0.15, 0.2) is 42.5 Å². The molecule has 0 saturated heterocycles. The average Bonchev–Trinajstić information content (AvgIpc) is 2.37. The van der Waals surface area contributed by atoms with E-state index in [1.54, 1.807) is 0 Å². The Morgan fingerprint density at radius 3 is 2.37 bits per heavy atom. The molecule has 3 N–H and O–H groups in total. The van der Waals surface area contributed by atoms with Gasteiger partial charge in [-0.1, -0.05) is 30.3 Å². The fraction of sp³-hybridized carbons (Fsp3) is 0.154. The smallest absolute Gasteiger partial charge is 0.396 e. The van der Waals surface area contributed by atoms with E-state index in [0.717, 1.165) is 11.6 Å². The minimum absolute atomic E-state index is 0.0404. The van der Waals surface area contributed by atoms with E-state index in [9.17, 15) is 13.2 Å². The SMILES string of the molecule is Nc1ccc(C(F)(F)F)nc1NCc1ccccc1. The van der Waals surface area contributed by atoms with Gasteiger partial charge in [-0.05, 0) is 17.7 Å². The maximum absolute atomic E-state index is 12.5. The third-order valence-electron chi connectivity index (χ3n) is 2.52. The molecule has 0 atom stereocenters. The molecular formula is C13H12F3N3. The molecule has 1 aromatic carbocycles. The number of hydrogen-bond acceptors (Lipinski definition) is 3. The predicted molar refractivity (Wildman–Crippen MR) is 67.4 cm³/mol. The Labute approximate surface area is 108 Å². The summed E-state index contributed by atoms with van der Waals surface area (Å²) in [7, 11) is 0. The Kier molecular flexibility index (Phi) is 3.59. The molecule has 0 spiro atoms. The van der Waals surface area contributed by atoms with Crippen LogP contribution in [0.25, 0.3) is 0 Å². The van der Waals surface area contributed by atoms with Crippen LogP contribution in [-0.2, 0) is 12.7 Å². The Bertz CT molecular complexity index is 553. The van der Waals surface area contributed by atoms with E-state index in [1.165, 1.54) is 6.07 Å². The van der Waals surface area contributed by atoms with Gasteiger partial charge in [0.05, 0.1) is 5.69 Å². The van der Waals surface area contributed by atoms with Gasteiger partial charge in [-0.3, -0.25) is 0 Å². The molecule has 2 aromatic rings. The summed E-state index contributed by atoms with van der Waals surface area (Å²) >= 11 is 0. The van der Waals surface area contributed by atoms with E-state index in [-0.39, 0.29) is 11.5 Å². The van der Waals surface area contributed by atoms with Crippen LogP contribution in [0.3, 0.4) is 0 Å². The third kappa shape index (κ3) is 3.37. The number of anilines is 2. The second-order valence-electron chi connectivity index (χ2n) is 3.97. The van der Waals surface area contributed by atoms with E-state index < -0.39 is 11.9 Å². The van der Waals surface area contributed by atoms with E-state index in [0.29, 0.717) is 6.54 Å². The van der Waals surface area contributed by atoms with E-state index in [4.69, 9.17) is 5.73 Å². The van der Waals surface area contributed by atoms with Gasteiger partial charge >= 0.3 is 6.18 Å². The zero-order valence-electron chi connectivity index (χ0n) is 9.91. The van der Waals surface area contributed by atoms with Crippen LogP contribution >= 0.6 is 0 Å². The van der Waals surface area contributed by atoms with Crippen LogP contribution in [0.4, 0.5) is 24.7 Å². The number of pyridine rings is 1. The molecule has 100 valence electrons. The van der Waals surface area contributed by atoms with Crippen LogP contribution < -0.4 is 11.1 Å². The zero-order valence-corrected chi connectivity index (χ0v) is 9.91. The number of alkyl halides is 3. The lowest BCUT2D eigenvalue weighted by molar-refractivity contribution is -0.141. The first-order valence-corrected chi connectivity index (χ1v) is 5.58. The molecular weight excluding hydrogens is 255 g/mol. The fourth-order valence-corrected chi connectivity index (χ4v) is 1.55. The molecule has 0 amide bonds. The van der Waals surface area contributed by atoms with E-state index in [1.807, 2.05) is 30.3 Å². The number of nitrogen functional groups attached to an aromatic ring is 1. The van der Waals surface area contributed by atoms with Gasteiger partial charge in [-0.25, -0.2) is 4.98 Å². The zero-order chi connectivity index (χ0) is 13.9. The Morgan fingerprint density at radius 1 is 1.05 bits per heavy atom. The Morgan fingerprint density at radius 2 is 1.74 bits per heavy atom. The molecule has 2 rings (SSSR count). The predicted octanol–water partition coefficient (Wildman–Crippen LogP) is 3.29. The van der Waals surface area contributed by atoms with Crippen molar-refractivity contribution >= 4 is 11.5 Å². The van der Waals surface area contributed by atoms with Crippen molar-refractivity contribution in [1.82, 2.24) is 4.98 Å². The summed E-state index contributed by atoms with van der Waals surface area (Å²) in [5.41, 5.74) is 5.76. The molecule has 1 heterocycles. The molecule has 0 radical (unpaired) electrons. The average molecular weight is 267 g/mol. The van der Waals surface area contributed by atoms with Crippen LogP contribution in [0, 0.1) is 0 Å². The number of nitrogens with one attached hydrogen (secondary N) is 1. The van der Waals surface area contributed by atoms with Gasteiger partial charge in [0.2, 0.25) is 0 Å². The summed E-state index contributed by atoms with van der Waals surface area (Å²) in [6.45, 7) is 0.360. The number of benzene rings is 1. The number of aromatic nitrogens is 1. The normalized spacial score (nSPS) is 11.3. The van der Waals surface area contributed by atoms with Crippen molar-refractivity contribution in [2.75, 3.05) is 11.1 Å². The summed E-state index contributed by atoms with van der Waals surface area (Å²) in [4.78, 5) is 3.50. The molecule has 0 aliphatic carbocycles. The molecule has 1 aromatic heterocycles. The molecule has 0 aliphatic rings. The lowest BCUT2D eigenvalue weighted by Gasteiger charge is -2.11. The summed E-state index contributed by atoms with van der Waals surface area (Å²) < 4.78 is 37.6. The molecule has 0 bridgehead atoms. The second-order valence-corrected chi connectivity index (χ2v) is 3.97. The number of nitrogens with zero attached hydrogens (tertiary/aromatic N) is 1. The highest BCUT2D eigenvalue weighted by Gasteiger charge is 2.32. The lowest BCUT2D eigenvalue weighted by Crippen LogP contribution is -2.12. The number of rotatable bonds is 3. The van der Waals surface area contributed by atoms with Gasteiger partial charge in [-0.15, -0.1) is 0 Å². The van der Waals surface area contributed by atoms with Crippen molar-refractivity contribution in [2.24, 2.45) is 0 Å². The van der Waals surface area contributed by atoms with Crippen molar-refractivity contribution in [3.63, 3.8) is 0 Å². The first-order valence-electron chi connectivity index (χ1n) is 5.58. The summed E-state index contributed by atoms with van der Waals surface area (Å²) in [6, 6.07) is 11.3. The van der Waals surface area contributed by atoms with Crippen molar-refractivity contribution in [3.05, 3.63) is 53.7 Å². The maximum atomic E-state index is 12.5. The summed E-state index contributed by atoms with van der Waals surface area (Å²) in [5.74, 6) is 0.0404. The van der Waals surface area contributed by atoms with Gasteiger partial charge in [0.1, 0.15) is 11.5 Å². The molecule has 0 aliphatic heterocycles. The van der Waals surface area contributed by atoms with Gasteiger partial charge in [0.15, 0.2) is 0 Å². The summed E-state index contributed by atoms with van der Waals surface area (Å²) in [6.07, 6.45) is -4.48. The standard InChI is InChI=1S/C13H12F3N3/c14-13(15,16)11-7-6-10(17)12(19-11)18-8-9-4-2-1-3-5-9/h1-7H,8,17H2,(H,18,19). The minimum Gasteiger partial charge on any atom is -0.396 e.